The zero-order valence-corrected chi connectivity index (χ0v) is 18.5. The van der Waals surface area contributed by atoms with Crippen molar-refractivity contribution in [2.45, 2.75) is 68.3 Å². The maximum absolute atomic E-state index is 13.1. The average molecular weight is 445 g/mol. The molecule has 2 aromatic carbocycles. The van der Waals surface area contributed by atoms with Crippen LogP contribution in [0, 0.1) is 11.7 Å². The van der Waals surface area contributed by atoms with Gasteiger partial charge < -0.3 is 5.32 Å². The maximum atomic E-state index is 13.1. The molecule has 166 valence electrons. The number of sulfonamides is 1. The molecule has 0 aliphatic heterocycles. The van der Waals surface area contributed by atoms with E-state index in [-0.39, 0.29) is 29.7 Å². The number of rotatable bonds is 7. The van der Waals surface area contributed by atoms with Gasteiger partial charge in [0, 0.05) is 12.0 Å². The van der Waals surface area contributed by atoms with E-state index in [4.69, 9.17) is 0 Å². The molecular weight excluding hydrogens is 415 g/mol. The normalized spacial score (nSPS) is 22.6. The van der Waals surface area contributed by atoms with Crippen molar-refractivity contribution in [1.29, 1.82) is 0 Å². The van der Waals surface area contributed by atoms with Gasteiger partial charge in [-0.3, -0.25) is 4.79 Å². The van der Waals surface area contributed by atoms with Gasteiger partial charge in [-0.15, -0.1) is 0 Å². The Balaban J connectivity index is 1.27. The average Bonchev–Trinajstić information content (AvgIpc) is 3.60. The summed E-state index contributed by atoms with van der Waals surface area (Å²) in [6, 6.07) is 12.9. The lowest BCUT2D eigenvalue weighted by Gasteiger charge is -2.29. The molecule has 2 N–H and O–H groups in total. The van der Waals surface area contributed by atoms with E-state index in [2.05, 4.69) is 10.0 Å². The van der Waals surface area contributed by atoms with Crippen molar-refractivity contribution in [3.63, 3.8) is 0 Å². The third kappa shape index (κ3) is 5.52. The van der Waals surface area contributed by atoms with Gasteiger partial charge in [0.15, 0.2) is 0 Å². The fourth-order valence-electron chi connectivity index (χ4n) is 4.26. The number of carbonyl (C=O) groups excluding carboxylic acids is 1. The Labute approximate surface area is 183 Å². The fraction of sp³-hybridized carbons (Fsp3) is 0.458. The van der Waals surface area contributed by atoms with Crippen LogP contribution in [0.15, 0.2) is 53.4 Å². The van der Waals surface area contributed by atoms with Crippen LogP contribution in [0.1, 0.15) is 68.5 Å². The summed E-state index contributed by atoms with van der Waals surface area (Å²) in [7, 11) is -3.56. The Hall–Kier alpha value is -2.25. The zero-order valence-electron chi connectivity index (χ0n) is 17.7. The quantitative estimate of drug-likeness (QED) is 0.664. The fourth-order valence-corrected chi connectivity index (χ4v) is 5.57. The van der Waals surface area contributed by atoms with E-state index in [0.29, 0.717) is 36.5 Å². The molecule has 4 rings (SSSR count). The van der Waals surface area contributed by atoms with Crippen molar-refractivity contribution in [1.82, 2.24) is 10.0 Å². The first-order valence-corrected chi connectivity index (χ1v) is 12.5. The van der Waals surface area contributed by atoms with Crippen LogP contribution < -0.4 is 10.0 Å². The minimum atomic E-state index is -3.56. The van der Waals surface area contributed by atoms with E-state index in [1.165, 1.54) is 30.5 Å². The van der Waals surface area contributed by atoms with Crippen LogP contribution in [-0.2, 0) is 14.8 Å². The van der Waals surface area contributed by atoms with E-state index >= 15 is 0 Å². The number of amides is 1. The molecule has 0 bridgehead atoms. The molecule has 0 heterocycles. The highest BCUT2D eigenvalue weighted by molar-refractivity contribution is 7.89. The third-order valence-corrected chi connectivity index (χ3v) is 7.92. The molecular formula is C24H29FN2O3S. The summed E-state index contributed by atoms with van der Waals surface area (Å²) in [5, 5.41) is 2.99. The minimum Gasteiger partial charge on any atom is -0.349 e. The summed E-state index contributed by atoms with van der Waals surface area (Å²) in [6.07, 6.45) is 4.89. The van der Waals surface area contributed by atoms with Crippen molar-refractivity contribution in [3.05, 3.63) is 65.5 Å². The molecule has 7 heteroatoms. The molecule has 2 aliphatic rings. The first-order chi connectivity index (χ1) is 14.8. The van der Waals surface area contributed by atoms with Crippen LogP contribution in [0.5, 0.6) is 0 Å². The van der Waals surface area contributed by atoms with Crippen molar-refractivity contribution in [2.24, 2.45) is 5.92 Å². The lowest BCUT2D eigenvalue weighted by Crippen LogP contribution is -2.41. The van der Waals surface area contributed by atoms with Gasteiger partial charge >= 0.3 is 0 Å². The van der Waals surface area contributed by atoms with E-state index in [1.54, 1.807) is 24.3 Å². The minimum absolute atomic E-state index is 0.0335. The number of hydrogen-bond acceptors (Lipinski definition) is 3. The van der Waals surface area contributed by atoms with Crippen LogP contribution in [0.3, 0.4) is 0 Å². The first kappa shape index (κ1) is 22.0. The lowest BCUT2D eigenvalue weighted by atomic mass is 9.85. The monoisotopic (exact) mass is 444 g/mol. The number of halogens is 1. The molecule has 5 nitrogen and oxygen atoms in total. The third-order valence-electron chi connectivity index (χ3n) is 6.39. The van der Waals surface area contributed by atoms with Crippen LogP contribution in [0.25, 0.3) is 0 Å². The van der Waals surface area contributed by atoms with Crippen molar-refractivity contribution in [2.75, 3.05) is 0 Å². The van der Waals surface area contributed by atoms with E-state index in [1.807, 2.05) is 19.1 Å². The molecule has 2 fully saturated rings. The highest BCUT2D eigenvalue weighted by atomic mass is 32.2. The van der Waals surface area contributed by atoms with E-state index in [9.17, 15) is 17.6 Å². The Morgan fingerprint density at radius 2 is 1.55 bits per heavy atom. The molecule has 0 aromatic heterocycles. The molecule has 0 radical (unpaired) electrons. The van der Waals surface area contributed by atoms with Gasteiger partial charge in [0.1, 0.15) is 5.82 Å². The van der Waals surface area contributed by atoms with E-state index < -0.39 is 10.0 Å². The SMILES string of the molecule is C[C@@H](NC(=O)C1CCC(NS(=O)(=O)c2ccc(C3CC3)cc2)CC1)c1ccc(F)cc1. The molecule has 0 saturated heterocycles. The Morgan fingerprint density at radius 3 is 2.13 bits per heavy atom. The highest BCUT2D eigenvalue weighted by Crippen LogP contribution is 2.40. The second kappa shape index (κ2) is 9.09. The predicted octanol–water partition coefficient (Wildman–Crippen LogP) is 4.42. The first-order valence-electron chi connectivity index (χ1n) is 11.0. The largest absolute Gasteiger partial charge is 0.349 e. The second-order valence-electron chi connectivity index (χ2n) is 8.79. The molecule has 0 spiro atoms. The number of hydrogen-bond donors (Lipinski definition) is 2. The van der Waals surface area contributed by atoms with Gasteiger partial charge in [-0.25, -0.2) is 17.5 Å². The van der Waals surface area contributed by atoms with E-state index in [0.717, 1.165) is 5.56 Å². The van der Waals surface area contributed by atoms with Crippen molar-refractivity contribution >= 4 is 15.9 Å². The summed E-state index contributed by atoms with van der Waals surface area (Å²) in [6.45, 7) is 1.87. The lowest BCUT2D eigenvalue weighted by molar-refractivity contribution is -0.126. The smallest absolute Gasteiger partial charge is 0.240 e. The number of benzene rings is 2. The van der Waals surface area contributed by atoms with Crippen molar-refractivity contribution in [3.8, 4) is 0 Å². The maximum Gasteiger partial charge on any atom is 0.240 e. The highest BCUT2D eigenvalue weighted by Gasteiger charge is 2.30. The number of carbonyl (C=O) groups is 1. The summed E-state index contributed by atoms with van der Waals surface area (Å²) < 4.78 is 41.3. The standard InChI is InChI=1S/C24H29FN2O3S/c1-16(17-4-10-21(25)11-5-17)26-24(28)20-6-12-22(13-7-20)27-31(29,30)23-14-8-19(9-15-23)18-2-3-18/h4-5,8-11,14-16,18,20,22,27H,2-3,6-7,12-13H2,1H3,(H,26,28)/t16-,20?,22?/m1/s1. The summed E-state index contributed by atoms with van der Waals surface area (Å²) >= 11 is 0. The summed E-state index contributed by atoms with van der Waals surface area (Å²) in [5.41, 5.74) is 2.06. The summed E-state index contributed by atoms with van der Waals surface area (Å²) in [4.78, 5) is 12.9. The molecule has 2 saturated carbocycles. The molecule has 2 aromatic rings. The van der Waals surface area contributed by atoms with Crippen molar-refractivity contribution < 1.29 is 17.6 Å². The van der Waals surface area contributed by atoms with Crippen LogP contribution in [-0.4, -0.2) is 20.4 Å². The number of nitrogens with one attached hydrogen (secondary N) is 2. The molecule has 1 amide bonds. The van der Waals surface area contributed by atoms with Gasteiger partial charge in [0.05, 0.1) is 10.9 Å². The zero-order chi connectivity index (χ0) is 22.0. The molecule has 1 atom stereocenters. The molecule has 31 heavy (non-hydrogen) atoms. The van der Waals surface area contributed by atoms with Gasteiger partial charge in [-0.2, -0.15) is 0 Å². The second-order valence-corrected chi connectivity index (χ2v) is 10.5. The predicted molar refractivity (Wildman–Crippen MR) is 117 cm³/mol. The Bertz CT molecular complexity index is 1010. The summed E-state index contributed by atoms with van der Waals surface area (Å²) in [5.74, 6) is 0.120. The topological polar surface area (TPSA) is 75.3 Å². The van der Waals surface area contributed by atoms with Gasteiger partial charge in [0.2, 0.25) is 15.9 Å². The van der Waals surface area contributed by atoms with Crippen LogP contribution in [0.2, 0.25) is 0 Å². The Morgan fingerprint density at radius 1 is 0.935 bits per heavy atom. The molecule has 2 aliphatic carbocycles. The molecule has 0 unspecified atom stereocenters. The van der Waals surface area contributed by atoms with Crippen LogP contribution >= 0.6 is 0 Å². The van der Waals surface area contributed by atoms with Crippen LogP contribution in [0.4, 0.5) is 4.39 Å². The van der Waals surface area contributed by atoms with Gasteiger partial charge in [-0.05, 0) is 86.8 Å². The van der Waals surface area contributed by atoms with Gasteiger partial charge in [-0.1, -0.05) is 24.3 Å². The Kier molecular flexibility index (Phi) is 6.44. The van der Waals surface area contributed by atoms with Gasteiger partial charge in [0.25, 0.3) is 0 Å².